The molecule has 5 nitrogen and oxygen atoms in total. The number of allylic oxidation sites excluding steroid dienone is 1. The summed E-state index contributed by atoms with van der Waals surface area (Å²) in [6.45, 7) is 0.729. The van der Waals surface area contributed by atoms with Crippen molar-refractivity contribution in [3.05, 3.63) is 35.7 Å². The number of pyridine rings is 1. The minimum Gasteiger partial charge on any atom is -0.496 e. The van der Waals surface area contributed by atoms with Gasteiger partial charge in [0.05, 0.1) is 13.7 Å². The first-order valence-corrected chi connectivity index (χ1v) is 5.64. The lowest BCUT2D eigenvalue weighted by Crippen LogP contribution is -2.31. The summed E-state index contributed by atoms with van der Waals surface area (Å²) in [4.78, 5) is 4.16. The fourth-order valence-corrected chi connectivity index (χ4v) is 1.90. The molecule has 0 saturated heterocycles. The maximum Gasteiger partial charge on any atom is 0.218 e. The Balaban J connectivity index is 2.31. The molecule has 2 rings (SSSR count). The van der Waals surface area contributed by atoms with Crippen molar-refractivity contribution in [1.82, 2.24) is 10.4 Å². The summed E-state index contributed by atoms with van der Waals surface area (Å²) in [7, 11) is 1.59. The topological polar surface area (TPSA) is 69.4 Å². The van der Waals surface area contributed by atoms with Gasteiger partial charge in [0, 0.05) is 11.8 Å². The summed E-state index contributed by atoms with van der Waals surface area (Å²) in [5, 5.41) is 0. The van der Waals surface area contributed by atoms with Gasteiger partial charge in [0.2, 0.25) is 5.88 Å². The summed E-state index contributed by atoms with van der Waals surface area (Å²) in [6, 6.07) is 3.57. The predicted octanol–water partition coefficient (Wildman–Crippen LogP) is 1.29. The average molecular weight is 235 g/mol. The number of rotatable bonds is 4. The predicted molar refractivity (Wildman–Crippen MR) is 64.1 cm³/mol. The van der Waals surface area contributed by atoms with Crippen LogP contribution in [0.1, 0.15) is 24.4 Å². The first kappa shape index (κ1) is 11.9. The van der Waals surface area contributed by atoms with E-state index in [9.17, 15) is 0 Å². The van der Waals surface area contributed by atoms with Crippen LogP contribution in [-0.4, -0.2) is 18.7 Å². The zero-order valence-electron chi connectivity index (χ0n) is 9.85. The van der Waals surface area contributed by atoms with Gasteiger partial charge in [-0.05, 0) is 31.1 Å². The van der Waals surface area contributed by atoms with Gasteiger partial charge in [-0.2, -0.15) is 0 Å². The Morgan fingerprint density at radius 1 is 1.59 bits per heavy atom. The van der Waals surface area contributed by atoms with Crippen molar-refractivity contribution in [3.8, 4) is 5.88 Å². The van der Waals surface area contributed by atoms with Crippen LogP contribution in [0.5, 0.6) is 5.88 Å². The monoisotopic (exact) mass is 235 g/mol. The lowest BCUT2D eigenvalue weighted by atomic mass is 10.0. The van der Waals surface area contributed by atoms with Crippen LogP contribution in [0.15, 0.2) is 30.2 Å². The van der Waals surface area contributed by atoms with Gasteiger partial charge in [-0.15, -0.1) is 0 Å². The Labute approximate surface area is 101 Å². The number of hydrazine groups is 1. The van der Waals surface area contributed by atoms with Crippen molar-refractivity contribution in [2.24, 2.45) is 5.84 Å². The maximum absolute atomic E-state index is 5.62. The molecule has 1 atom stereocenters. The molecule has 1 aliphatic heterocycles. The number of nitrogens with zero attached hydrogens (tertiary/aromatic N) is 1. The number of hydrogen-bond acceptors (Lipinski definition) is 5. The number of hydrogen-bond donors (Lipinski definition) is 2. The van der Waals surface area contributed by atoms with E-state index in [1.54, 1.807) is 13.3 Å². The molecular formula is C12H17N3O2. The summed E-state index contributed by atoms with van der Waals surface area (Å²) in [5.41, 5.74) is 3.63. The Morgan fingerprint density at radius 3 is 3.12 bits per heavy atom. The van der Waals surface area contributed by atoms with E-state index < -0.39 is 0 Å². The van der Waals surface area contributed by atoms with Gasteiger partial charge in [0.1, 0.15) is 11.8 Å². The molecule has 3 N–H and O–H groups in total. The van der Waals surface area contributed by atoms with E-state index in [0.29, 0.717) is 5.88 Å². The molecule has 1 aromatic rings. The van der Waals surface area contributed by atoms with Gasteiger partial charge < -0.3 is 9.47 Å². The number of nitrogens with one attached hydrogen (secondary N) is 1. The van der Waals surface area contributed by atoms with Gasteiger partial charge in [-0.25, -0.2) is 10.4 Å². The molecular weight excluding hydrogens is 218 g/mol. The SMILES string of the molecule is COc1ncccc1C(NN)C1=CCCCO1. The number of ether oxygens (including phenoxy) is 2. The van der Waals surface area contributed by atoms with E-state index in [0.717, 1.165) is 30.8 Å². The summed E-state index contributed by atoms with van der Waals surface area (Å²) in [6.07, 6.45) is 5.80. The third kappa shape index (κ3) is 2.57. The Morgan fingerprint density at radius 2 is 2.47 bits per heavy atom. The van der Waals surface area contributed by atoms with E-state index >= 15 is 0 Å². The third-order valence-electron chi connectivity index (χ3n) is 2.72. The van der Waals surface area contributed by atoms with Crippen LogP contribution in [0.2, 0.25) is 0 Å². The molecule has 1 aliphatic rings. The molecule has 1 aromatic heterocycles. The van der Waals surface area contributed by atoms with E-state index in [2.05, 4.69) is 16.5 Å². The zero-order chi connectivity index (χ0) is 12.1. The van der Waals surface area contributed by atoms with Crippen LogP contribution in [0.25, 0.3) is 0 Å². The second kappa shape index (κ2) is 5.65. The number of aromatic nitrogens is 1. The average Bonchev–Trinajstić information content (AvgIpc) is 2.41. The van der Waals surface area contributed by atoms with Crippen molar-refractivity contribution >= 4 is 0 Å². The molecule has 0 bridgehead atoms. The lowest BCUT2D eigenvalue weighted by molar-refractivity contribution is 0.167. The normalized spacial score (nSPS) is 16.9. The molecule has 0 aromatic carbocycles. The highest BCUT2D eigenvalue weighted by molar-refractivity contribution is 5.33. The number of nitrogens with two attached hydrogens (primary N) is 1. The largest absolute Gasteiger partial charge is 0.496 e. The van der Waals surface area contributed by atoms with E-state index in [1.165, 1.54) is 0 Å². The minimum atomic E-state index is -0.209. The third-order valence-corrected chi connectivity index (χ3v) is 2.72. The lowest BCUT2D eigenvalue weighted by Gasteiger charge is -2.24. The maximum atomic E-state index is 5.62. The molecule has 2 heterocycles. The van der Waals surface area contributed by atoms with Crippen LogP contribution in [0.4, 0.5) is 0 Å². The van der Waals surface area contributed by atoms with Crippen LogP contribution in [0.3, 0.4) is 0 Å². The first-order chi connectivity index (χ1) is 8.36. The van der Waals surface area contributed by atoms with Crippen molar-refractivity contribution in [3.63, 3.8) is 0 Å². The highest BCUT2D eigenvalue weighted by atomic mass is 16.5. The molecule has 0 amide bonds. The van der Waals surface area contributed by atoms with E-state index in [4.69, 9.17) is 15.3 Å². The van der Waals surface area contributed by atoms with E-state index in [-0.39, 0.29) is 6.04 Å². The van der Waals surface area contributed by atoms with Crippen LogP contribution >= 0.6 is 0 Å². The van der Waals surface area contributed by atoms with Crippen molar-refractivity contribution in [2.75, 3.05) is 13.7 Å². The molecule has 0 fully saturated rings. The van der Waals surface area contributed by atoms with Gasteiger partial charge in [0.25, 0.3) is 0 Å². The second-order valence-electron chi connectivity index (χ2n) is 3.80. The highest BCUT2D eigenvalue weighted by Gasteiger charge is 2.22. The van der Waals surface area contributed by atoms with Gasteiger partial charge >= 0.3 is 0 Å². The van der Waals surface area contributed by atoms with Gasteiger partial charge in [-0.3, -0.25) is 5.84 Å². The molecule has 0 aliphatic carbocycles. The molecule has 17 heavy (non-hydrogen) atoms. The Bertz CT molecular complexity index is 406. The van der Waals surface area contributed by atoms with Crippen molar-refractivity contribution < 1.29 is 9.47 Å². The zero-order valence-corrected chi connectivity index (χ0v) is 9.85. The van der Waals surface area contributed by atoms with Crippen LogP contribution in [-0.2, 0) is 4.74 Å². The first-order valence-electron chi connectivity index (χ1n) is 5.64. The molecule has 5 heteroatoms. The van der Waals surface area contributed by atoms with Crippen molar-refractivity contribution in [2.45, 2.75) is 18.9 Å². The number of methoxy groups -OCH3 is 1. The smallest absolute Gasteiger partial charge is 0.218 e. The summed E-state index contributed by atoms with van der Waals surface area (Å²) < 4.78 is 10.8. The molecule has 0 saturated carbocycles. The van der Waals surface area contributed by atoms with E-state index in [1.807, 2.05) is 12.1 Å². The Hall–Kier alpha value is -1.59. The molecule has 92 valence electrons. The second-order valence-corrected chi connectivity index (χ2v) is 3.80. The standard InChI is InChI=1S/C12H17N3O2/c1-16-12-9(5-4-7-14-12)11(15-13)10-6-2-3-8-17-10/h4-7,11,15H,2-3,8,13H2,1H3. The Kier molecular flexibility index (Phi) is 3.95. The quantitative estimate of drug-likeness (QED) is 0.608. The van der Waals surface area contributed by atoms with Crippen molar-refractivity contribution in [1.29, 1.82) is 0 Å². The van der Waals surface area contributed by atoms with Gasteiger partial charge in [0.15, 0.2) is 0 Å². The fourth-order valence-electron chi connectivity index (χ4n) is 1.90. The highest BCUT2D eigenvalue weighted by Crippen LogP contribution is 2.30. The molecule has 1 unspecified atom stereocenters. The summed E-state index contributed by atoms with van der Waals surface area (Å²) >= 11 is 0. The minimum absolute atomic E-state index is 0.209. The molecule has 0 spiro atoms. The fraction of sp³-hybridized carbons (Fsp3) is 0.417. The van der Waals surface area contributed by atoms with Crippen LogP contribution in [0, 0.1) is 0 Å². The molecule has 0 radical (unpaired) electrons. The summed E-state index contributed by atoms with van der Waals surface area (Å²) in [5.74, 6) is 7.00. The van der Waals surface area contributed by atoms with Crippen LogP contribution < -0.4 is 16.0 Å². The van der Waals surface area contributed by atoms with Gasteiger partial charge in [-0.1, -0.05) is 0 Å².